The number of hydrogen-bond donors (Lipinski definition) is 0. The summed E-state index contributed by atoms with van der Waals surface area (Å²) in [6, 6.07) is 0. The highest BCUT2D eigenvalue weighted by Gasteiger charge is 2.22. The number of carbonyl (C=O) groups is 2. The van der Waals surface area contributed by atoms with Gasteiger partial charge < -0.3 is 9.47 Å². The van der Waals surface area contributed by atoms with Crippen LogP contribution in [0, 0.1) is 0 Å². The van der Waals surface area contributed by atoms with Gasteiger partial charge in [0.15, 0.2) is 0 Å². The number of rotatable bonds is 22. The summed E-state index contributed by atoms with van der Waals surface area (Å²) in [7, 11) is 0. The molecule has 0 saturated heterocycles. The van der Waals surface area contributed by atoms with Gasteiger partial charge in [0, 0.05) is 11.1 Å². The summed E-state index contributed by atoms with van der Waals surface area (Å²) in [5, 5.41) is 0. The smallest absolute Gasteiger partial charge is 0.334 e. The first-order valence-corrected chi connectivity index (χ1v) is 13.7. The Morgan fingerprint density at radius 2 is 0.812 bits per heavy atom. The summed E-state index contributed by atoms with van der Waals surface area (Å²) in [5.74, 6) is -0.627. The molecule has 0 rings (SSSR count). The fourth-order valence-corrected chi connectivity index (χ4v) is 3.82. The van der Waals surface area contributed by atoms with E-state index in [1.165, 1.54) is 51.4 Å². The molecule has 0 aliphatic heterocycles. The minimum atomic E-state index is -0.316. The number of carbonyl (C=O) groups excluding carboxylic acids is 2. The zero-order chi connectivity index (χ0) is 23.9. The molecule has 0 radical (unpaired) electrons. The van der Waals surface area contributed by atoms with Crippen molar-refractivity contribution < 1.29 is 19.1 Å². The Hall–Kier alpha value is -1.32. The second-order valence-electron chi connectivity index (χ2n) is 8.97. The van der Waals surface area contributed by atoms with Crippen molar-refractivity contribution in [3.63, 3.8) is 0 Å². The maximum absolute atomic E-state index is 12.9. The van der Waals surface area contributed by atoms with Gasteiger partial charge in [0.2, 0.25) is 0 Å². The molecule has 0 heterocycles. The van der Waals surface area contributed by atoms with E-state index in [1.807, 2.05) is 6.92 Å². The molecule has 0 unspecified atom stereocenters. The average molecular weight is 453 g/mol. The topological polar surface area (TPSA) is 52.6 Å². The molecule has 4 nitrogen and oxygen atoms in total. The quantitative estimate of drug-likeness (QED) is 0.0938. The lowest BCUT2D eigenvalue weighted by molar-refractivity contribution is -0.142. The predicted octanol–water partition coefficient (Wildman–Crippen LogP) is 8.47. The van der Waals surface area contributed by atoms with E-state index in [0.717, 1.165) is 51.4 Å². The third kappa shape index (κ3) is 16.3. The Kier molecular flexibility index (Phi) is 21.9. The van der Waals surface area contributed by atoms with Gasteiger partial charge in [-0.2, -0.15) is 0 Å². The van der Waals surface area contributed by atoms with Crippen molar-refractivity contribution in [1.82, 2.24) is 0 Å². The molecule has 0 bridgehead atoms. The summed E-state index contributed by atoms with van der Waals surface area (Å²) < 4.78 is 11.2. The lowest BCUT2D eigenvalue weighted by atomic mass is 9.98. The maximum atomic E-state index is 12.9. The second-order valence-corrected chi connectivity index (χ2v) is 8.97. The van der Waals surface area contributed by atoms with Crippen LogP contribution < -0.4 is 0 Å². The Labute approximate surface area is 198 Å². The summed E-state index contributed by atoms with van der Waals surface area (Å²) in [5.41, 5.74) is 1.10. The van der Waals surface area contributed by atoms with E-state index in [0.29, 0.717) is 37.2 Å². The highest BCUT2D eigenvalue weighted by Crippen LogP contribution is 2.21. The molecule has 0 aliphatic rings. The number of esters is 2. The van der Waals surface area contributed by atoms with Crippen LogP contribution in [-0.4, -0.2) is 25.2 Å². The lowest BCUT2D eigenvalue weighted by Gasteiger charge is -2.15. The summed E-state index contributed by atoms with van der Waals surface area (Å²) in [6.07, 6.45) is 18.8. The van der Waals surface area contributed by atoms with E-state index >= 15 is 0 Å². The highest BCUT2D eigenvalue weighted by atomic mass is 16.5. The van der Waals surface area contributed by atoms with Gasteiger partial charge in [-0.15, -0.1) is 0 Å². The molecule has 0 aromatic carbocycles. The number of hydrogen-bond acceptors (Lipinski definition) is 4. The Morgan fingerprint density at radius 1 is 0.438 bits per heavy atom. The van der Waals surface area contributed by atoms with Gasteiger partial charge in [-0.05, 0) is 32.1 Å². The standard InChI is InChI=1S/C28H52O4/c1-5-9-12-14-16-19-23-31-27(29)25(21-8-4)26(22-18-11-7-3)28(30)32-24-20-17-15-13-10-6-2/h5-24H2,1-4H3/b26-25-. The molecule has 0 aromatic heterocycles. The molecule has 188 valence electrons. The Balaban J connectivity index is 4.83. The lowest BCUT2D eigenvalue weighted by Crippen LogP contribution is -2.18. The monoisotopic (exact) mass is 452 g/mol. The van der Waals surface area contributed by atoms with Gasteiger partial charge in [-0.3, -0.25) is 0 Å². The molecule has 0 fully saturated rings. The molecule has 0 saturated carbocycles. The molecule has 0 aliphatic carbocycles. The van der Waals surface area contributed by atoms with Crippen LogP contribution in [-0.2, 0) is 19.1 Å². The number of ether oxygens (including phenoxy) is 2. The molecule has 0 N–H and O–H groups in total. The van der Waals surface area contributed by atoms with Crippen molar-refractivity contribution in [2.24, 2.45) is 0 Å². The second kappa shape index (κ2) is 22.9. The van der Waals surface area contributed by atoms with Crippen LogP contribution in [0.5, 0.6) is 0 Å². The largest absolute Gasteiger partial charge is 0.462 e. The molecule has 32 heavy (non-hydrogen) atoms. The first kappa shape index (κ1) is 30.7. The third-order valence-corrected chi connectivity index (χ3v) is 5.85. The minimum Gasteiger partial charge on any atom is -0.462 e. The first-order chi connectivity index (χ1) is 15.6. The SMILES string of the molecule is CCCCCCCCOC(=O)/C(CCC)=C(/CCCCC)C(=O)OCCCCCCCC. The molecule has 4 heteroatoms. The zero-order valence-corrected chi connectivity index (χ0v) is 21.8. The van der Waals surface area contributed by atoms with Crippen LogP contribution in [0.3, 0.4) is 0 Å². The Bertz CT molecular complexity index is 496. The molecule has 0 spiro atoms. The highest BCUT2D eigenvalue weighted by molar-refractivity contribution is 6.00. The van der Waals surface area contributed by atoms with E-state index in [2.05, 4.69) is 20.8 Å². The normalized spacial score (nSPS) is 11.9. The van der Waals surface area contributed by atoms with E-state index in [4.69, 9.17) is 9.47 Å². The van der Waals surface area contributed by atoms with Gasteiger partial charge in [0.05, 0.1) is 13.2 Å². The van der Waals surface area contributed by atoms with Gasteiger partial charge in [-0.25, -0.2) is 9.59 Å². The maximum Gasteiger partial charge on any atom is 0.334 e. The van der Waals surface area contributed by atoms with Crippen LogP contribution in [0.1, 0.15) is 143 Å². The van der Waals surface area contributed by atoms with Gasteiger partial charge in [0.25, 0.3) is 0 Å². The summed E-state index contributed by atoms with van der Waals surface area (Å²) >= 11 is 0. The fraction of sp³-hybridized carbons (Fsp3) is 0.857. The molecule has 0 atom stereocenters. The summed E-state index contributed by atoms with van der Waals surface area (Å²) in [6.45, 7) is 9.47. The molecular formula is C28H52O4. The predicted molar refractivity (Wildman–Crippen MR) is 135 cm³/mol. The van der Waals surface area contributed by atoms with E-state index < -0.39 is 0 Å². The van der Waals surface area contributed by atoms with Crippen molar-refractivity contribution in [2.45, 2.75) is 143 Å². The van der Waals surface area contributed by atoms with Crippen LogP contribution >= 0.6 is 0 Å². The third-order valence-electron chi connectivity index (χ3n) is 5.85. The molecule has 0 amide bonds. The van der Waals surface area contributed by atoms with Gasteiger partial charge in [-0.1, -0.05) is 111 Å². The Morgan fingerprint density at radius 3 is 1.25 bits per heavy atom. The van der Waals surface area contributed by atoms with Crippen molar-refractivity contribution in [1.29, 1.82) is 0 Å². The van der Waals surface area contributed by atoms with Crippen LogP contribution in [0.4, 0.5) is 0 Å². The zero-order valence-electron chi connectivity index (χ0n) is 21.8. The fourth-order valence-electron chi connectivity index (χ4n) is 3.82. The molecular weight excluding hydrogens is 400 g/mol. The number of unbranched alkanes of at least 4 members (excludes halogenated alkanes) is 12. The van der Waals surface area contributed by atoms with Gasteiger partial charge in [0.1, 0.15) is 0 Å². The first-order valence-electron chi connectivity index (χ1n) is 13.7. The van der Waals surface area contributed by atoms with E-state index in [1.54, 1.807) is 0 Å². The minimum absolute atomic E-state index is 0.311. The van der Waals surface area contributed by atoms with Crippen LogP contribution in [0.15, 0.2) is 11.1 Å². The molecule has 0 aromatic rings. The van der Waals surface area contributed by atoms with Crippen LogP contribution in [0.25, 0.3) is 0 Å². The van der Waals surface area contributed by atoms with E-state index in [9.17, 15) is 9.59 Å². The van der Waals surface area contributed by atoms with Crippen molar-refractivity contribution in [3.8, 4) is 0 Å². The van der Waals surface area contributed by atoms with E-state index in [-0.39, 0.29) is 11.9 Å². The van der Waals surface area contributed by atoms with Crippen molar-refractivity contribution in [2.75, 3.05) is 13.2 Å². The van der Waals surface area contributed by atoms with Gasteiger partial charge >= 0.3 is 11.9 Å². The summed E-state index contributed by atoms with van der Waals surface area (Å²) in [4.78, 5) is 25.7. The van der Waals surface area contributed by atoms with Crippen molar-refractivity contribution >= 4 is 11.9 Å². The van der Waals surface area contributed by atoms with Crippen LogP contribution in [0.2, 0.25) is 0 Å². The average Bonchev–Trinajstić information content (AvgIpc) is 2.79. The van der Waals surface area contributed by atoms with Crippen molar-refractivity contribution in [3.05, 3.63) is 11.1 Å².